The smallest absolute Gasteiger partial charge is 0.127 e. The Morgan fingerprint density at radius 3 is 1.96 bits per heavy atom. The minimum absolute atomic E-state index is 0.832. The molecule has 0 spiro atoms. The zero-order valence-electron chi connectivity index (χ0n) is 14.6. The number of para-hydroxylation sites is 1. The molecule has 128 valence electrons. The first-order valence-corrected chi connectivity index (χ1v) is 8.87. The van der Waals surface area contributed by atoms with E-state index in [2.05, 4.69) is 59.9 Å². The van der Waals surface area contributed by atoms with Crippen molar-refractivity contribution in [2.45, 2.75) is 13.1 Å². The minimum atomic E-state index is 0.832. The summed E-state index contributed by atoms with van der Waals surface area (Å²) in [5.74, 6) is 1.71. The first-order chi connectivity index (χ1) is 12.9. The van der Waals surface area contributed by atoms with E-state index in [0.29, 0.717) is 0 Å². The van der Waals surface area contributed by atoms with Gasteiger partial charge in [-0.3, -0.25) is 0 Å². The van der Waals surface area contributed by atoms with Gasteiger partial charge in [0.1, 0.15) is 11.5 Å². The van der Waals surface area contributed by atoms with E-state index in [1.807, 2.05) is 42.5 Å². The van der Waals surface area contributed by atoms with Crippen LogP contribution in [0.3, 0.4) is 0 Å². The third-order valence-electron chi connectivity index (χ3n) is 4.37. The average Bonchev–Trinajstić information content (AvgIpc) is 2.70. The molecule has 0 heterocycles. The Balaban J connectivity index is 1.32. The lowest BCUT2D eigenvalue weighted by molar-refractivity contribution is 0.482. The van der Waals surface area contributed by atoms with E-state index in [1.54, 1.807) is 0 Å². The molecule has 0 bridgehead atoms. The molecule has 0 radical (unpaired) electrons. The molecule has 0 saturated heterocycles. The summed E-state index contributed by atoms with van der Waals surface area (Å²) in [7, 11) is 0. The second-order valence-corrected chi connectivity index (χ2v) is 6.34. The van der Waals surface area contributed by atoms with Crippen molar-refractivity contribution in [1.29, 1.82) is 0 Å². The molecule has 4 aromatic carbocycles. The first kappa shape index (κ1) is 16.4. The van der Waals surface area contributed by atoms with Gasteiger partial charge in [-0.25, -0.2) is 0 Å². The summed E-state index contributed by atoms with van der Waals surface area (Å²) < 4.78 is 5.83. The Hall–Kier alpha value is -3.10. The molecule has 0 aliphatic rings. The monoisotopic (exact) mass is 339 g/mol. The largest absolute Gasteiger partial charge is 0.457 e. The molecule has 0 amide bonds. The summed E-state index contributed by atoms with van der Waals surface area (Å²) in [6.45, 7) is 1.69. The van der Waals surface area contributed by atoms with Crippen LogP contribution in [0.25, 0.3) is 10.8 Å². The summed E-state index contributed by atoms with van der Waals surface area (Å²) in [5.41, 5.74) is 2.54. The van der Waals surface area contributed by atoms with Crippen LogP contribution in [0.4, 0.5) is 0 Å². The van der Waals surface area contributed by atoms with Gasteiger partial charge in [-0.05, 0) is 52.2 Å². The highest BCUT2D eigenvalue weighted by Gasteiger charge is 1.99. The maximum absolute atomic E-state index is 5.83. The first-order valence-electron chi connectivity index (χ1n) is 8.87. The van der Waals surface area contributed by atoms with E-state index in [9.17, 15) is 0 Å². The van der Waals surface area contributed by atoms with Gasteiger partial charge in [-0.1, -0.05) is 66.7 Å². The fourth-order valence-corrected chi connectivity index (χ4v) is 3.00. The molecule has 2 nitrogen and oxygen atoms in total. The van der Waals surface area contributed by atoms with Crippen molar-refractivity contribution in [3.05, 3.63) is 108 Å². The summed E-state index contributed by atoms with van der Waals surface area (Å²) in [6, 6.07) is 33.2. The molecule has 0 unspecified atom stereocenters. The Labute approximate surface area is 154 Å². The van der Waals surface area contributed by atoms with E-state index >= 15 is 0 Å². The number of fused-ring (bicyclic) bond motifs is 1. The van der Waals surface area contributed by atoms with Crippen molar-refractivity contribution in [2.75, 3.05) is 0 Å². The number of hydrogen-bond donors (Lipinski definition) is 1. The van der Waals surface area contributed by atoms with Gasteiger partial charge >= 0.3 is 0 Å². The fourth-order valence-electron chi connectivity index (χ4n) is 3.00. The van der Waals surface area contributed by atoms with Gasteiger partial charge in [-0.15, -0.1) is 0 Å². The number of rotatable bonds is 6. The predicted octanol–water partition coefficient (Wildman–Crippen LogP) is 5.92. The van der Waals surface area contributed by atoms with E-state index < -0.39 is 0 Å². The molecule has 2 heteroatoms. The Kier molecular flexibility index (Phi) is 4.95. The normalized spacial score (nSPS) is 10.8. The van der Waals surface area contributed by atoms with Gasteiger partial charge in [0.05, 0.1) is 0 Å². The molecule has 1 N–H and O–H groups in total. The summed E-state index contributed by atoms with van der Waals surface area (Å²) >= 11 is 0. The third-order valence-corrected chi connectivity index (χ3v) is 4.37. The molecule has 0 aliphatic heterocycles. The molecular formula is C24H21NO. The lowest BCUT2D eigenvalue weighted by Gasteiger charge is -2.08. The van der Waals surface area contributed by atoms with Crippen LogP contribution < -0.4 is 10.1 Å². The van der Waals surface area contributed by atoms with Gasteiger partial charge in [0, 0.05) is 13.1 Å². The Morgan fingerprint density at radius 2 is 1.15 bits per heavy atom. The maximum Gasteiger partial charge on any atom is 0.127 e. The van der Waals surface area contributed by atoms with E-state index in [1.165, 1.54) is 21.9 Å². The van der Waals surface area contributed by atoms with Crippen molar-refractivity contribution in [1.82, 2.24) is 5.32 Å². The molecule has 0 fully saturated rings. The van der Waals surface area contributed by atoms with E-state index in [-0.39, 0.29) is 0 Å². The maximum atomic E-state index is 5.83. The Bertz CT molecular complexity index is 978. The molecule has 0 aromatic heterocycles. The third kappa shape index (κ3) is 4.11. The lowest BCUT2D eigenvalue weighted by atomic mass is 10.1. The molecule has 0 aliphatic carbocycles. The molecule has 26 heavy (non-hydrogen) atoms. The summed E-state index contributed by atoms with van der Waals surface area (Å²) in [5, 5.41) is 6.08. The van der Waals surface area contributed by atoms with Crippen LogP contribution in [0, 0.1) is 0 Å². The lowest BCUT2D eigenvalue weighted by Crippen LogP contribution is -2.12. The highest BCUT2D eigenvalue weighted by molar-refractivity contribution is 5.82. The number of benzene rings is 4. The fraction of sp³-hybridized carbons (Fsp3) is 0.0833. The van der Waals surface area contributed by atoms with Gasteiger partial charge in [0.15, 0.2) is 0 Å². The average molecular weight is 339 g/mol. The molecule has 4 aromatic rings. The highest BCUT2D eigenvalue weighted by atomic mass is 16.5. The van der Waals surface area contributed by atoms with Crippen molar-refractivity contribution in [2.24, 2.45) is 0 Å². The van der Waals surface area contributed by atoms with E-state index in [0.717, 1.165) is 24.6 Å². The van der Waals surface area contributed by atoms with E-state index in [4.69, 9.17) is 4.74 Å². The van der Waals surface area contributed by atoms with Crippen LogP contribution in [0.5, 0.6) is 11.5 Å². The second-order valence-electron chi connectivity index (χ2n) is 6.34. The number of hydrogen-bond acceptors (Lipinski definition) is 2. The van der Waals surface area contributed by atoms with Crippen molar-refractivity contribution in [3.63, 3.8) is 0 Å². The van der Waals surface area contributed by atoms with Crippen LogP contribution in [0.15, 0.2) is 97.1 Å². The SMILES string of the molecule is c1ccc(Oc2ccc(CNCc3ccc4ccccc4c3)cc2)cc1. The molecule has 0 saturated carbocycles. The van der Waals surface area contributed by atoms with Crippen LogP contribution in [0.2, 0.25) is 0 Å². The molecular weight excluding hydrogens is 318 g/mol. The molecule has 4 rings (SSSR count). The Morgan fingerprint density at radius 1 is 0.538 bits per heavy atom. The summed E-state index contributed by atoms with van der Waals surface area (Å²) in [4.78, 5) is 0. The van der Waals surface area contributed by atoms with Crippen molar-refractivity contribution >= 4 is 10.8 Å². The van der Waals surface area contributed by atoms with Crippen molar-refractivity contribution < 1.29 is 4.74 Å². The zero-order chi connectivity index (χ0) is 17.6. The zero-order valence-corrected chi connectivity index (χ0v) is 14.6. The number of nitrogens with one attached hydrogen (secondary N) is 1. The van der Waals surface area contributed by atoms with Gasteiger partial charge in [0.25, 0.3) is 0 Å². The highest BCUT2D eigenvalue weighted by Crippen LogP contribution is 2.21. The van der Waals surface area contributed by atoms with Crippen LogP contribution in [-0.4, -0.2) is 0 Å². The van der Waals surface area contributed by atoms with Gasteiger partial charge in [0.2, 0.25) is 0 Å². The standard InChI is InChI=1S/C24H21NO/c1-2-8-23(9-3-1)26-24-14-11-19(12-15-24)17-25-18-20-10-13-21-6-4-5-7-22(21)16-20/h1-16,25H,17-18H2. The van der Waals surface area contributed by atoms with Crippen LogP contribution in [-0.2, 0) is 13.1 Å². The topological polar surface area (TPSA) is 21.3 Å². The predicted molar refractivity (Wildman–Crippen MR) is 107 cm³/mol. The van der Waals surface area contributed by atoms with Crippen molar-refractivity contribution in [3.8, 4) is 11.5 Å². The minimum Gasteiger partial charge on any atom is -0.457 e. The van der Waals surface area contributed by atoms with Crippen LogP contribution >= 0.6 is 0 Å². The molecule has 0 atom stereocenters. The number of ether oxygens (including phenoxy) is 1. The van der Waals surface area contributed by atoms with Gasteiger partial charge < -0.3 is 10.1 Å². The quantitative estimate of drug-likeness (QED) is 0.470. The van der Waals surface area contributed by atoms with Crippen LogP contribution in [0.1, 0.15) is 11.1 Å². The summed E-state index contributed by atoms with van der Waals surface area (Å²) in [6.07, 6.45) is 0. The second kappa shape index (κ2) is 7.85. The van der Waals surface area contributed by atoms with Gasteiger partial charge in [-0.2, -0.15) is 0 Å².